The Balaban J connectivity index is 1.66. The van der Waals surface area contributed by atoms with E-state index < -0.39 is 17.4 Å². The van der Waals surface area contributed by atoms with Crippen LogP contribution in [0, 0.1) is 0 Å². The molecule has 27 heavy (non-hydrogen) atoms. The lowest BCUT2D eigenvalue weighted by atomic mass is 10.1. The molecule has 2 heterocycles. The van der Waals surface area contributed by atoms with Crippen molar-refractivity contribution in [3.8, 4) is 0 Å². The molecule has 7 heteroatoms. The molecule has 3 amide bonds. The maximum Gasteiger partial charge on any atom is 0.312 e. The Labute approximate surface area is 158 Å². The van der Waals surface area contributed by atoms with Crippen molar-refractivity contribution in [1.29, 1.82) is 0 Å². The van der Waals surface area contributed by atoms with Crippen LogP contribution in [0.15, 0.2) is 30.3 Å². The molecular weight excluding hydrogens is 344 g/mol. The molecule has 1 aliphatic heterocycles. The Morgan fingerprint density at radius 2 is 1.85 bits per heavy atom. The van der Waals surface area contributed by atoms with Gasteiger partial charge in [0.15, 0.2) is 0 Å². The van der Waals surface area contributed by atoms with Crippen molar-refractivity contribution in [2.45, 2.75) is 39.3 Å². The van der Waals surface area contributed by atoms with Gasteiger partial charge in [-0.3, -0.25) is 14.4 Å². The third-order valence-electron chi connectivity index (χ3n) is 4.62. The molecule has 2 N–H and O–H groups in total. The normalized spacial score (nSPS) is 17.9. The summed E-state index contributed by atoms with van der Waals surface area (Å²) in [6.07, 6.45) is 0. The first kappa shape index (κ1) is 18.9. The molecule has 0 spiro atoms. The van der Waals surface area contributed by atoms with Crippen molar-refractivity contribution in [2.24, 2.45) is 0 Å². The van der Waals surface area contributed by atoms with Crippen LogP contribution in [-0.2, 0) is 9.59 Å². The predicted molar refractivity (Wildman–Crippen MR) is 103 cm³/mol. The third kappa shape index (κ3) is 4.13. The Kier molecular flexibility index (Phi) is 4.95. The summed E-state index contributed by atoms with van der Waals surface area (Å²) in [7, 11) is 0. The molecule has 3 rings (SSSR count). The van der Waals surface area contributed by atoms with E-state index >= 15 is 0 Å². The average Bonchev–Trinajstić information content (AvgIpc) is 3.03. The highest BCUT2D eigenvalue weighted by atomic mass is 16.2. The van der Waals surface area contributed by atoms with Crippen LogP contribution in [0.2, 0.25) is 0 Å². The number of amides is 3. The highest BCUT2D eigenvalue weighted by molar-refractivity contribution is 6.35. The van der Waals surface area contributed by atoms with Crippen LogP contribution in [0.3, 0.4) is 0 Å². The summed E-state index contributed by atoms with van der Waals surface area (Å²) in [6.45, 7) is 8.45. The minimum absolute atomic E-state index is 0.0926. The van der Waals surface area contributed by atoms with E-state index in [1.165, 1.54) is 4.90 Å². The fraction of sp³-hybridized carbons (Fsp3) is 0.450. The lowest BCUT2D eigenvalue weighted by molar-refractivity contribution is -0.148. The van der Waals surface area contributed by atoms with Gasteiger partial charge in [0, 0.05) is 42.1 Å². The SMILES string of the molecule is C[C@@H]1CN(C(=O)C(=O)NC(C)(C)C)CCN1C(=O)c1cc2ccccc2[nH]1. The quantitative estimate of drug-likeness (QED) is 0.750. The summed E-state index contributed by atoms with van der Waals surface area (Å²) in [5.74, 6) is -1.25. The molecule has 0 unspecified atom stereocenters. The van der Waals surface area contributed by atoms with Crippen LogP contribution in [0.25, 0.3) is 10.9 Å². The molecule has 1 aliphatic rings. The molecule has 1 aromatic carbocycles. The van der Waals surface area contributed by atoms with Gasteiger partial charge < -0.3 is 20.1 Å². The smallest absolute Gasteiger partial charge is 0.312 e. The van der Waals surface area contributed by atoms with Gasteiger partial charge in [0.2, 0.25) is 0 Å². The summed E-state index contributed by atoms with van der Waals surface area (Å²) >= 11 is 0. The second kappa shape index (κ2) is 7.06. The van der Waals surface area contributed by atoms with E-state index in [0.717, 1.165) is 10.9 Å². The van der Waals surface area contributed by atoms with Crippen molar-refractivity contribution in [3.05, 3.63) is 36.0 Å². The van der Waals surface area contributed by atoms with Crippen molar-refractivity contribution in [2.75, 3.05) is 19.6 Å². The van der Waals surface area contributed by atoms with Crippen molar-refractivity contribution in [1.82, 2.24) is 20.1 Å². The van der Waals surface area contributed by atoms with Crippen LogP contribution in [-0.4, -0.2) is 63.7 Å². The van der Waals surface area contributed by atoms with Gasteiger partial charge >= 0.3 is 11.8 Å². The van der Waals surface area contributed by atoms with Gasteiger partial charge in [-0.1, -0.05) is 18.2 Å². The standard InChI is InChI=1S/C20H26N4O3/c1-13-12-23(19(27)17(25)22-20(2,3)4)9-10-24(13)18(26)16-11-14-7-5-6-8-15(14)21-16/h5-8,11,13,21H,9-10,12H2,1-4H3,(H,22,25)/t13-/m1/s1. The van der Waals surface area contributed by atoms with Crippen LogP contribution in [0.1, 0.15) is 38.2 Å². The molecular formula is C20H26N4O3. The third-order valence-corrected chi connectivity index (χ3v) is 4.62. The number of benzene rings is 1. The van der Waals surface area contributed by atoms with Gasteiger partial charge in [0.1, 0.15) is 5.69 Å². The first-order valence-corrected chi connectivity index (χ1v) is 9.16. The van der Waals surface area contributed by atoms with Gasteiger partial charge in [0.05, 0.1) is 0 Å². The van der Waals surface area contributed by atoms with E-state index in [1.54, 1.807) is 4.90 Å². The second-order valence-corrected chi connectivity index (χ2v) is 8.07. The van der Waals surface area contributed by atoms with Gasteiger partial charge in [0.25, 0.3) is 5.91 Å². The number of piperazine rings is 1. The maximum absolute atomic E-state index is 12.9. The topological polar surface area (TPSA) is 85.5 Å². The zero-order valence-corrected chi connectivity index (χ0v) is 16.2. The van der Waals surface area contributed by atoms with Crippen molar-refractivity contribution < 1.29 is 14.4 Å². The molecule has 7 nitrogen and oxygen atoms in total. The molecule has 2 aromatic rings. The number of fused-ring (bicyclic) bond motifs is 1. The largest absolute Gasteiger partial charge is 0.351 e. The summed E-state index contributed by atoms with van der Waals surface area (Å²) in [5, 5.41) is 3.68. The zero-order chi connectivity index (χ0) is 19.8. The number of carbonyl (C=O) groups is 3. The Morgan fingerprint density at radius 1 is 1.15 bits per heavy atom. The number of carbonyl (C=O) groups excluding carboxylic acids is 3. The first-order chi connectivity index (χ1) is 12.7. The van der Waals surface area contributed by atoms with Crippen molar-refractivity contribution >= 4 is 28.6 Å². The van der Waals surface area contributed by atoms with Crippen LogP contribution < -0.4 is 5.32 Å². The lowest BCUT2D eigenvalue weighted by Gasteiger charge is -2.39. The number of aromatic amines is 1. The molecule has 0 aliphatic carbocycles. The highest BCUT2D eigenvalue weighted by Crippen LogP contribution is 2.19. The summed E-state index contributed by atoms with van der Waals surface area (Å²) in [5.41, 5.74) is 0.987. The van der Waals surface area contributed by atoms with Gasteiger partial charge in [-0.05, 0) is 39.8 Å². The van der Waals surface area contributed by atoms with Gasteiger partial charge in [-0.25, -0.2) is 0 Å². The van der Waals surface area contributed by atoms with Gasteiger partial charge in [-0.15, -0.1) is 0 Å². The maximum atomic E-state index is 12.9. The van der Waals surface area contributed by atoms with E-state index in [-0.39, 0.29) is 11.9 Å². The Bertz CT molecular complexity index is 848. The van der Waals surface area contributed by atoms with E-state index in [4.69, 9.17) is 0 Å². The van der Waals surface area contributed by atoms with E-state index in [1.807, 2.05) is 58.0 Å². The van der Waals surface area contributed by atoms with Crippen LogP contribution in [0.4, 0.5) is 0 Å². The molecule has 144 valence electrons. The molecule has 0 radical (unpaired) electrons. The number of hydrogen-bond acceptors (Lipinski definition) is 3. The summed E-state index contributed by atoms with van der Waals surface area (Å²) in [4.78, 5) is 43.8. The number of rotatable bonds is 1. The Hall–Kier alpha value is -2.83. The fourth-order valence-electron chi connectivity index (χ4n) is 3.32. The molecule has 1 fully saturated rings. The monoisotopic (exact) mass is 370 g/mol. The number of para-hydroxylation sites is 1. The predicted octanol–water partition coefficient (Wildman–Crippen LogP) is 1.76. The molecule has 0 bridgehead atoms. The zero-order valence-electron chi connectivity index (χ0n) is 16.2. The molecule has 1 atom stereocenters. The average molecular weight is 370 g/mol. The van der Waals surface area contributed by atoms with Crippen LogP contribution >= 0.6 is 0 Å². The second-order valence-electron chi connectivity index (χ2n) is 8.07. The highest BCUT2D eigenvalue weighted by Gasteiger charge is 2.33. The lowest BCUT2D eigenvalue weighted by Crippen LogP contribution is -2.58. The number of nitrogens with one attached hydrogen (secondary N) is 2. The Morgan fingerprint density at radius 3 is 2.48 bits per heavy atom. The van der Waals surface area contributed by atoms with E-state index in [0.29, 0.717) is 25.3 Å². The van der Waals surface area contributed by atoms with E-state index in [9.17, 15) is 14.4 Å². The molecule has 0 saturated carbocycles. The summed E-state index contributed by atoms with van der Waals surface area (Å²) < 4.78 is 0. The number of aromatic nitrogens is 1. The number of nitrogens with zero attached hydrogens (tertiary/aromatic N) is 2. The fourth-order valence-corrected chi connectivity index (χ4v) is 3.32. The number of hydrogen-bond donors (Lipinski definition) is 2. The minimum atomic E-state index is -0.606. The molecule has 1 saturated heterocycles. The minimum Gasteiger partial charge on any atom is -0.351 e. The molecule has 1 aromatic heterocycles. The summed E-state index contributed by atoms with van der Waals surface area (Å²) in [6, 6.07) is 9.40. The van der Waals surface area contributed by atoms with Gasteiger partial charge in [-0.2, -0.15) is 0 Å². The van der Waals surface area contributed by atoms with Crippen molar-refractivity contribution in [3.63, 3.8) is 0 Å². The van der Waals surface area contributed by atoms with Crippen LogP contribution in [0.5, 0.6) is 0 Å². The van der Waals surface area contributed by atoms with E-state index in [2.05, 4.69) is 10.3 Å². The first-order valence-electron chi connectivity index (χ1n) is 9.16. The number of H-pyrrole nitrogens is 1.